The van der Waals surface area contributed by atoms with Gasteiger partial charge in [0.2, 0.25) is 0 Å². The number of hydrogen-bond acceptors (Lipinski definition) is 4. The van der Waals surface area contributed by atoms with Gasteiger partial charge < -0.3 is 4.74 Å². The standard InChI is InChI=1S/C14H13ClN2OS/c1-2-3-12-13(8-16)19-14(17-12)9-18-11-6-4-10(15)5-7-11/h4-7H,2-3,9H2,1H3. The van der Waals surface area contributed by atoms with Crippen molar-refractivity contribution in [3.8, 4) is 11.8 Å². The van der Waals surface area contributed by atoms with E-state index in [0.29, 0.717) is 16.5 Å². The average Bonchev–Trinajstić information content (AvgIpc) is 2.81. The molecule has 3 nitrogen and oxygen atoms in total. The predicted octanol–water partition coefficient (Wildman–Crippen LogP) is 4.20. The number of rotatable bonds is 5. The third-order valence-corrected chi connectivity index (χ3v) is 3.73. The Kier molecular flexibility index (Phi) is 4.78. The average molecular weight is 293 g/mol. The Morgan fingerprint density at radius 2 is 2.11 bits per heavy atom. The van der Waals surface area contributed by atoms with Crippen LogP contribution in [0.1, 0.15) is 28.9 Å². The quantitative estimate of drug-likeness (QED) is 0.829. The number of aromatic nitrogens is 1. The molecule has 0 aliphatic rings. The van der Waals surface area contributed by atoms with Crippen LogP contribution < -0.4 is 4.74 Å². The Bertz CT molecular complexity index is 586. The number of benzene rings is 1. The van der Waals surface area contributed by atoms with Gasteiger partial charge in [-0.2, -0.15) is 5.26 Å². The van der Waals surface area contributed by atoms with Gasteiger partial charge in [0.05, 0.1) is 5.69 Å². The van der Waals surface area contributed by atoms with Crippen LogP contribution in [-0.2, 0) is 13.0 Å². The molecule has 0 radical (unpaired) electrons. The Labute approximate surface area is 121 Å². The van der Waals surface area contributed by atoms with Gasteiger partial charge in [-0.25, -0.2) is 4.98 Å². The van der Waals surface area contributed by atoms with Gasteiger partial charge in [0.15, 0.2) is 0 Å². The molecule has 0 unspecified atom stereocenters. The van der Waals surface area contributed by atoms with E-state index in [-0.39, 0.29) is 0 Å². The molecule has 1 heterocycles. The van der Waals surface area contributed by atoms with E-state index in [0.717, 1.165) is 29.3 Å². The topological polar surface area (TPSA) is 45.9 Å². The Morgan fingerprint density at radius 3 is 2.74 bits per heavy atom. The summed E-state index contributed by atoms with van der Waals surface area (Å²) in [5.74, 6) is 0.746. The summed E-state index contributed by atoms with van der Waals surface area (Å²) in [5.41, 5.74) is 0.879. The minimum absolute atomic E-state index is 0.380. The maximum atomic E-state index is 9.04. The highest BCUT2D eigenvalue weighted by Crippen LogP contribution is 2.22. The van der Waals surface area contributed by atoms with Crippen LogP contribution in [0.4, 0.5) is 0 Å². The van der Waals surface area contributed by atoms with Gasteiger partial charge in [-0.3, -0.25) is 0 Å². The van der Waals surface area contributed by atoms with E-state index in [9.17, 15) is 0 Å². The van der Waals surface area contributed by atoms with Gasteiger partial charge in [0.1, 0.15) is 28.3 Å². The Morgan fingerprint density at radius 1 is 1.37 bits per heavy atom. The van der Waals surface area contributed by atoms with Gasteiger partial charge in [0, 0.05) is 5.02 Å². The van der Waals surface area contributed by atoms with E-state index in [4.69, 9.17) is 21.6 Å². The molecule has 0 fully saturated rings. The van der Waals surface area contributed by atoms with Crippen LogP contribution in [0.15, 0.2) is 24.3 Å². The fourth-order valence-corrected chi connectivity index (χ4v) is 2.58. The lowest BCUT2D eigenvalue weighted by molar-refractivity contribution is 0.305. The number of hydrogen-bond donors (Lipinski definition) is 0. The van der Waals surface area contributed by atoms with Crippen molar-refractivity contribution in [2.45, 2.75) is 26.4 Å². The molecular weight excluding hydrogens is 280 g/mol. The number of halogens is 1. The van der Waals surface area contributed by atoms with Crippen LogP contribution in [0.5, 0.6) is 5.75 Å². The van der Waals surface area contributed by atoms with Gasteiger partial charge >= 0.3 is 0 Å². The predicted molar refractivity (Wildman–Crippen MR) is 76.6 cm³/mol. The van der Waals surface area contributed by atoms with Crippen LogP contribution in [0.25, 0.3) is 0 Å². The molecule has 0 saturated heterocycles. The molecule has 98 valence electrons. The SMILES string of the molecule is CCCc1nc(COc2ccc(Cl)cc2)sc1C#N. The molecule has 0 saturated carbocycles. The van der Waals surface area contributed by atoms with Crippen molar-refractivity contribution in [2.75, 3.05) is 0 Å². The first kappa shape index (κ1) is 13.9. The molecule has 0 amide bonds. The molecule has 0 N–H and O–H groups in total. The van der Waals surface area contributed by atoms with E-state index >= 15 is 0 Å². The lowest BCUT2D eigenvalue weighted by Crippen LogP contribution is -1.95. The first-order chi connectivity index (χ1) is 9.22. The summed E-state index contributed by atoms with van der Waals surface area (Å²) < 4.78 is 5.62. The smallest absolute Gasteiger partial charge is 0.140 e. The largest absolute Gasteiger partial charge is 0.486 e. The molecule has 19 heavy (non-hydrogen) atoms. The van der Waals surface area contributed by atoms with Crippen LogP contribution in [-0.4, -0.2) is 4.98 Å². The zero-order valence-corrected chi connectivity index (χ0v) is 12.1. The van der Waals surface area contributed by atoms with E-state index in [1.165, 1.54) is 11.3 Å². The maximum Gasteiger partial charge on any atom is 0.140 e. The molecule has 5 heteroatoms. The first-order valence-electron chi connectivity index (χ1n) is 6.00. The second-order valence-electron chi connectivity index (χ2n) is 3.99. The van der Waals surface area contributed by atoms with Crippen LogP contribution in [0.3, 0.4) is 0 Å². The summed E-state index contributed by atoms with van der Waals surface area (Å²) in [6, 6.07) is 9.38. The summed E-state index contributed by atoms with van der Waals surface area (Å²) in [4.78, 5) is 5.14. The highest BCUT2D eigenvalue weighted by atomic mass is 35.5. The van der Waals surface area contributed by atoms with Gasteiger partial charge in [-0.05, 0) is 30.7 Å². The number of nitriles is 1. The van der Waals surface area contributed by atoms with E-state index in [1.807, 2.05) is 12.1 Å². The van der Waals surface area contributed by atoms with Crippen LogP contribution in [0, 0.1) is 11.3 Å². The molecule has 1 aromatic carbocycles. The second kappa shape index (κ2) is 6.55. The lowest BCUT2D eigenvalue weighted by Gasteiger charge is -2.03. The maximum absolute atomic E-state index is 9.04. The van der Waals surface area contributed by atoms with Crippen molar-refractivity contribution < 1.29 is 4.74 Å². The van der Waals surface area contributed by atoms with Crippen molar-refractivity contribution in [1.29, 1.82) is 5.26 Å². The number of ether oxygens (including phenoxy) is 1. The third-order valence-electron chi connectivity index (χ3n) is 2.51. The molecule has 0 aliphatic carbocycles. The highest BCUT2D eigenvalue weighted by molar-refractivity contribution is 7.12. The summed E-state index contributed by atoms with van der Waals surface area (Å²) in [6.07, 6.45) is 1.82. The van der Waals surface area contributed by atoms with Crippen LogP contribution >= 0.6 is 22.9 Å². The van der Waals surface area contributed by atoms with Crippen molar-refractivity contribution in [1.82, 2.24) is 4.98 Å². The van der Waals surface area contributed by atoms with Gasteiger partial charge in [-0.15, -0.1) is 11.3 Å². The normalized spacial score (nSPS) is 10.2. The fourth-order valence-electron chi connectivity index (χ4n) is 1.63. The summed E-state index contributed by atoms with van der Waals surface area (Å²) in [6.45, 7) is 2.45. The van der Waals surface area contributed by atoms with Gasteiger partial charge in [-0.1, -0.05) is 24.9 Å². The first-order valence-corrected chi connectivity index (χ1v) is 7.19. The molecule has 0 spiro atoms. The zero-order chi connectivity index (χ0) is 13.7. The number of thiazole rings is 1. The molecular formula is C14H13ClN2OS. The van der Waals surface area contributed by atoms with Crippen molar-refractivity contribution in [2.24, 2.45) is 0 Å². The molecule has 1 aromatic heterocycles. The number of aryl methyl sites for hydroxylation is 1. The van der Waals surface area contributed by atoms with Crippen LogP contribution in [0.2, 0.25) is 5.02 Å². The van der Waals surface area contributed by atoms with Crippen molar-refractivity contribution >= 4 is 22.9 Å². The molecule has 0 bridgehead atoms. The molecule has 0 atom stereocenters. The minimum Gasteiger partial charge on any atom is -0.486 e. The Hall–Kier alpha value is -1.57. The van der Waals surface area contributed by atoms with E-state index in [1.54, 1.807) is 12.1 Å². The lowest BCUT2D eigenvalue weighted by atomic mass is 10.2. The van der Waals surface area contributed by atoms with E-state index in [2.05, 4.69) is 18.0 Å². The fraction of sp³-hybridized carbons (Fsp3) is 0.286. The highest BCUT2D eigenvalue weighted by Gasteiger charge is 2.10. The van der Waals surface area contributed by atoms with Gasteiger partial charge in [0.25, 0.3) is 0 Å². The van der Waals surface area contributed by atoms with E-state index < -0.39 is 0 Å². The Balaban J connectivity index is 2.03. The third kappa shape index (κ3) is 3.69. The molecule has 0 aliphatic heterocycles. The minimum atomic E-state index is 0.380. The summed E-state index contributed by atoms with van der Waals surface area (Å²) in [5, 5.41) is 10.5. The molecule has 2 rings (SSSR count). The zero-order valence-electron chi connectivity index (χ0n) is 10.5. The van der Waals surface area contributed by atoms with Crippen molar-refractivity contribution in [3.05, 3.63) is 44.9 Å². The van der Waals surface area contributed by atoms with Crippen molar-refractivity contribution in [3.63, 3.8) is 0 Å². The second-order valence-corrected chi connectivity index (χ2v) is 5.51. The number of nitrogens with zero attached hydrogens (tertiary/aromatic N) is 2. The summed E-state index contributed by atoms with van der Waals surface area (Å²) in [7, 11) is 0. The monoisotopic (exact) mass is 292 g/mol. The molecule has 2 aromatic rings. The summed E-state index contributed by atoms with van der Waals surface area (Å²) >= 11 is 7.20.